The normalized spacial score (nSPS) is 20.1. The number of nitrogens with one attached hydrogen (secondary N) is 1. The van der Waals surface area contributed by atoms with Crippen molar-refractivity contribution in [2.45, 2.75) is 38.6 Å². The van der Waals surface area contributed by atoms with Crippen LogP contribution < -0.4 is 11.1 Å². The first-order chi connectivity index (χ1) is 7.20. The van der Waals surface area contributed by atoms with Gasteiger partial charge in [-0.3, -0.25) is 9.69 Å². The summed E-state index contributed by atoms with van der Waals surface area (Å²) in [5.74, 6) is -0.229. The highest BCUT2D eigenvalue weighted by atomic mass is 16.1. The average Bonchev–Trinajstić information content (AvgIpc) is 2.25. The van der Waals surface area contributed by atoms with Crippen LogP contribution in [0, 0.1) is 0 Å². The third-order valence-corrected chi connectivity index (χ3v) is 3.00. The predicted octanol–water partition coefficient (Wildman–Crippen LogP) is 0.326. The Labute approximate surface area is 92.2 Å². The number of primary amides is 1. The molecular formula is C11H23N3O. The van der Waals surface area contributed by atoms with Crippen molar-refractivity contribution >= 4 is 5.91 Å². The number of carbonyl (C=O) groups excluding carboxylic acids is 1. The van der Waals surface area contributed by atoms with Gasteiger partial charge >= 0.3 is 0 Å². The predicted molar refractivity (Wildman–Crippen MR) is 61.6 cm³/mol. The number of nitrogens with zero attached hydrogens (tertiary/aromatic N) is 1. The lowest BCUT2D eigenvalue weighted by molar-refractivity contribution is -0.117. The summed E-state index contributed by atoms with van der Waals surface area (Å²) in [6.45, 7) is 6.33. The monoisotopic (exact) mass is 213 g/mol. The summed E-state index contributed by atoms with van der Waals surface area (Å²) in [6.07, 6.45) is 4.46. The van der Waals surface area contributed by atoms with Crippen LogP contribution in [0.2, 0.25) is 0 Å². The molecule has 0 bridgehead atoms. The zero-order valence-corrected chi connectivity index (χ0v) is 9.67. The van der Waals surface area contributed by atoms with Gasteiger partial charge in [-0.15, -0.1) is 0 Å². The van der Waals surface area contributed by atoms with Crippen molar-refractivity contribution in [3.05, 3.63) is 0 Å². The lowest BCUT2D eigenvalue weighted by Gasteiger charge is -2.32. The van der Waals surface area contributed by atoms with Gasteiger partial charge in [-0.1, -0.05) is 6.42 Å². The first-order valence-corrected chi connectivity index (χ1v) is 5.93. The summed E-state index contributed by atoms with van der Waals surface area (Å²) in [6, 6.07) is 0.568. The minimum absolute atomic E-state index is 0.229. The van der Waals surface area contributed by atoms with E-state index in [1.165, 1.54) is 32.4 Å². The summed E-state index contributed by atoms with van der Waals surface area (Å²) in [5.41, 5.74) is 5.06. The molecule has 0 aromatic rings. The molecule has 88 valence electrons. The second-order valence-electron chi connectivity index (χ2n) is 4.37. The smallest absolute Gasteiger partial charge is 0.218 e. The first-order valence-electron chi connectivity index (χ1n) is 5.93. The van der Waals surface area contributed by atoms with E-state index in [4.69, 9.17) is 5.73 Å². The van der Waals surface area contributed by atoms with Gasteiger partial charge in [0.15, 0.2) is 0 Å². The quantitative estimate of drug-likeness (QED) is 0.625. The van der Waals surface area contributed by atoms with Crippen molar-refractivity contribution in [2.24, 2.45) is 5.73 Å². The Morgan fingerprint density at radius 1 is 1.40 bits per heavy atom. The van der Waals surface area contributed by atoms with Gasteiger partial charge in [0.2, 0.25) is 5.91 Å². The molecule has 0 saturated carbocycles. The fourth-order valence-corrected chi connectivity index (χ4v) is 2.01. The number of hydrogen-bond donors (Lipinski definition) is 2. The van der Waals surface area contributed by atoms with Crippen molar-refractivity contribution in [3.63, 3.8) is 0 Å². The van der Waals surface area contributed by atoms with Gasteiger partial charge in [0.25, 0.3) is 0 Å². The van der Waals surface area contributed by atoms with Crippen LogP contribution in [0.25, 0.3) is 0 Å². The van der Waals surface area contributed by atoms with E-state index in [1.807, 2.05) is 0 Å². The van der Waals surface area contributed by atoms with E-state index < -0.39 is 0 Å². The number of carbonyl (C=O) groups is 1. The molecule has 0 aromatic heterocycles. The van der Waals surface area contributed by atoms with Gasteiger partial charge in [-0.2, -0.15) is 0 Å². The molecule has 4 nitrogen and oxygen atoms in total. The van der Waals surface area contributed by atoms with Crippen molar-refractivity contribution in [1.29, 1.82) is 0 Å². The molecule has 15 heavy (non-hydrogen) atoms. The minimum atomic E-state index is -0.229. The molecule has 1 saturated heterocycles. The largest absolute Gasteiger partial charge is 0.370 e. The summed E-state index contributed by atoms with van der Waals surface area (Å²) in [4.78, 5) is 13.0. The Morgan fingerprint density at radius 3 is 2.67 bits per heavy atom. The van der Waals surface area contributed by atoms with Gasteiger partial charge in [-0.25, -0.2) is 0 Å². The van der Waals surface area contributed by atoms with Gasteiger partial charge in [0.05, 0.1) is 0 Å². The fraction of sp³-hybridized carbons (Fsp3) is 0.909. The maximum absolute atomic E-state index is 10.5. The first kappa shape index (κ1) is 12.5. The number of amides is 1. The fourth-order valence-electron chi connectivity index (χ4n) is 2.01. The summed E-state index contributed by atoms with van der Waals surface area (Å²) in [5, 5.41) is 3.27. The Bertz CT molecular complexity index is 190. The lowest BCUT2D eigenvalue weighted by Crippen LogP contribution is -2.43. The van der Waals surface area contributed by atoms with Crippen LogP contribution in [-0.4, -0.2) is 43.0 Å². The number of likely N-dealkylation sites (tertiary alicyclic amines) is 1. The molecule has 1 rings (SSSR count). The molecule has 1 heterocycles. The topological polar surface area (TPSA) is 58.4 Å². The van der Waals surface area contributed by atoms with E-state index in [-0.39, 0.29) is 5.91 Å². The maximum atomic E-state index is 10.5. The molecule has 1 aliphatic heterocycles. The number of hydrogen-bond acceptors (Lipinski definition) is 3. The van der Waals surface area contributed by atoms with Gasteiger partial charge in [-0.05, 0) is 32.9 Å². The molecular weight excluding hydrogens is 190 g/mol. The second-order valence-corrected chi connectivity index (χ2v) is 4.37. The van der Waals surface area contributed by atoms with E-state index in [2.05, 4.69) is 17.1 Å². The van der Waals surface area contributed by atoms with E-state index >= 15 is 0 Å². The maximum Gasteiger partial charge on any atom is 0.218 e. The van der Waals surface area contributed by atoms with Crippen molar-refractivity contribution in [1.82, 2.24) is 10.2 Å². The molecule has 1 amide bonds. The third-order valence-electron chi connectivity index (χ3n) is 3.00. The molecule has 0 radical (unpaired) electrons. The van der Waals surface area contributed by atoms with Crippen molar-refractivity contribution in [2.75, 3.05) is 26.2 Å². The Balaban J connectivity index is 2.06. The average molecular weight is 213 g/mol. The standard InChI is InChI=1S/C11H23N3O/c1-10(9-13-6-5-11(12)15)14-7-3-2-4-8-14/h10,13H,2-9H2,1H3,(H2,12,15). The lowest BCUT2D eigenvalue weighted by atomic mass is 10.1. The molecule has 0 spiro atoms. The molecule has 4 heteroatoms. The van der Waals surface area contributed by atoms with Crippen LogP contribution in [0.15, 0.2) is 0 Å². The highest BCUT2D eigenvalue weighted by Gasteiger charge is 2.15. The van der Waals surface area contributed by atoms with E-state index in [0.717, 1.165) is 6.54 Å². The van der Waals surface area contributed by atoms with Crippen LogP contribution in [-0.2, 0) is 4.79 Å². The van der Waals surface area contributed by atoms with Gasteiger partial charge < -0.3 is 11.1 Å². The Hall–Kier alpha value is -0.610. The zero-order chi connectivity index (χ0) is 11.1. The van der Waals surface area contributed by atoms with E-state index in [0.29, 0.717) is 19.0 Å². The van der Waals surface area contributed by atoms with Gasteiger partial charge in [0, 0.05) is 25.6 Å². The molecule has 1 fully saturated rings. The van der Waals surface area contributed by atoms with E-state index in [1.54, 1.807) is 0 Å². The van der Waals surface area contributed by atoms with Crippen molar-refractivity contribution in [3.8, 4) is 0 Å². The number of rotatable bonds is 6. The molecule has 1 unspecified atom stereocenters. The highest BCUT2D eigenvalue weighted by Crippen LogP contribution is 2.11. The molecule has 0 aliphatic carbocycles. The molecule has 1 atom stereocenters. The Morgan fingerprint density at radius 2 is 2.07 bits per heavy atom. The zero-order valence-electron chi connectivity index (χ0n) is 9.67. The van der Waals surface area contributed by atoms with Crippen LogP contribution >= 0.6 is 0 Å². The molecule has 1 aliphatic rings. The van der Waals surface area contributed by atoms with Gasteiger partial charge in [0.1, 0.15) is 0 Å². The van der Waals surface area contributed by atoms with E-state index in [9.17, 15) is 4.79 Å². The second kappa shape index (κ2) is 6.80. The SMILES string of the molecule is CC(CNCCC(N)=O)N1CCCCC1. The van der Waals surface area contributed by atoms with Crippen molar-refractivity contribution < 1.29 is 4.79 Å². The van der Waals surface area contributed by atoms with Crippen LogP contribution in [0.3, 0.4) is 0 Å². The summed E-state index contributed by atoms with van der Waals surface area (Å²) in [7, 11) is 0. The highest BCUT2D eigenvalue weighted by molar-refractivity contribution is 5.73. The Kier molecular flexibility index (Phi) is 5.65. The van der Waals surface area contributed by atoms with Crippen LogP contribution in [0.4, 0.5) is 0 Å². The van der Waals surface area contributed by atoms with Crippen LogP contribution in [0.5, 0.6) is 0 Å². The van der Waals surface area contributed by atoms with Crippen LogP contribution in [0.1, 0.15) is 32.6 Å². The minimum Gasteiger partial charge on any atom is -0.370 e. The summed E-state index contributed by atoms with van der Waals surface area (Å²) >= 11 is 0. The summed E-state index contributed by atoms with van der Waals surface area (Å²) < 4.78 is 0. The molecule has 3 N–H and O–H groups in total. The third kappa shape index (κ3) is 5.14. The number of piperidine rings is 1. The number of nitrogens with two attached hydrogens (primary N) is 1. The molecule has 0 aromatic carbocycles.